The van der Waals surface area contributed by atoms with Gasteiger partial charge in [0.15, 0.2) is 10.4 Å². The van der Waals surface area contributed by atoms with Crippen LogP contribution in [0.1, 0.15) is 6.42 Å². The molecule has 1 aliphatic heterocycles. The molecule has 1 unspecified atom stereocenters. The normalized spacial score (nSPS) is 20.2. The smallest absolute Gasteiger partial charge is 0.215 e. The molecule has 19 heavy (non-hydrogen) atoms. The van der Waals surface area contributed by atoms with Crippen LogP contribution in [0.5, 0.6) is 5.88 Å². The van der Waals surface area contributed by atoms with Gasteiger partial charge in [-0.1, -0.05) is 0 Å². The van der Waals surface area contributed by atoms with Crippen LogP contribution < -0.4 is 4.74 Å². The van der Waals surface area contributed by atoms with Gasteiger partial charge in [0.1, 0.15) is 0 Å². The molecule has 0 radical (unpaired) electrons. The van der Waals surface area contributed by atoms with E-state index in [4.69, 9.17) is 17.0 Å². The van der Waals surface area contributed by atoms with E-state index < -0.39 is 0 Å². The minimum absolute atomic E-state index is 0.624. The summed E-state index contributed by atoms with van der Waals surface area (Å²) in [6.07, 6.45) is 1.22. The third-order valence-electron chi connectivity index (χ3n) is 3.73. The summed E-state index contributed by atoms with van der Waals surface area (Å²) in [6.45, 7) is 3.21. The van der Waals surface area contributed by atoms with Crippen molar-refractivity contribution in [3.05, 3.63) is 16.9 Å². The highest BCUT2D eigenvalue weighted by Gasteiger charge is 2.21. The number of hydrogen-bond donors (Lipinski definition) is 1. The Bertz CT molecular complexity index is 648. The Balaban J connectivity index is 1.97. The Kier molecular flexibility index (Phi) is 3.28. The summed E-state index contributed by atoms with van der Waals surface area (Å²) in [5.41, 5.74) is 1.86. The minimum atomic E-state index is 0.624. The topological polar surface area (TPSA) is 46.1 Å². The van der Waals surface area contributed by atoms with Crippen molar-refractivity contribution in [2.45, 2.75) is 13.0 Å². The number of hydrogen-bond acceptors (Lipinski definition) is 4. The third kappa shape index (κ3) is 2.37. The lowest BCUT2D eigenvalue weighted by Gasteiger charge is -2.11. The van der Waals surface area contributed by atoms with Crippen molar-refractivity contribution < 1.29 is 4.74 Å². The molecule has 0 amide bonds. The van der Waals surface area contributed by atoms with Gasteiger partial charge in [0.05, 0.1) is 12.6 Å². The van der Waals surface area contributed by atoms with Gasteiger partial charge in [-0.15, -0.1) is 0 Å². The van der Waals surface area contributed by atoms with Crippen molar-refractivity contribution in [1.29, 1.82) is 0 Å². The second-order valence-electron chi connectivity index (χ2n) is 5.18. The SMILES string of the molecule is COc1ccc2[nH]c(=S)n(CC3CCN(C)C3)c2n1. The molecular weight excluding hydrogens is 260 g/mol. The number of ether oxygens (including phenoxy) is 1. The van der Waals surface area contributed by atoms with E-state index in [1.165, 1.54) is 6.42 Å². The van der Waals surface area contributed by atoms with E-state index in [0.29, 0.717) is 11.8 Å². The molecule has 0 aromatic carbocycles. The summed E-state index contributed by atoms with van der Waals surface area (Å²) < 4.78 is 8.03. The molecule has 5 nitrogen and oxygen atoms in total. The van der Waals surface area contributed by atoms with Crippen molar-refractivity contribution >= 4 is 23.4 Å². The fraction of sp³-hybridized carbons (Fsp3) is 0.538. The number of nitrogens with one attached hydrogen (secondary N) is 1. The van der Waals surface area contributed by atoms with Crippen LogP contribution in [0, 0.1) is 10.7 Å². The average molecular weight is 278 g/mol. The summed E-state index contributed by atoms with van der Waals surface area (Å²) in [5.74, 6) is 1.27. The van der Waals surface area contributed by atoms with Crippen LogP contribution in [0.3, 0.4) is 0 Å². The van der Waals surface area contributed by atoms with Crippen LogP contribution in [-0.4, -0.2) is 46.7 Å². The maximum atomic E-state index is 5.41. The minimum Gasteiger partial charge on any atom is -0.481 e. The highest BCUT2D eigenvalue weighted by Crippen LogP contribution is 2.21. The first kappa shape index (κ1) is 12.6. The fourth-order valence-electron chi connectivity index (χ4n) is 2.73. The predicted molar refractivity (Wildman–Crippen MR) is 77.1 cm³/mol. The second-order valence-corrected chi connectivity index (χ2v) is 5.57. The number of aromatic nitrogens is 3. The number of fused-ring (bicyclic) bond motifs is 1. The molecule has 1 fully saturated rings. The molecule has 102 valence electrons. The van der Waals surface area contributed by atoms with Gasteiger partial charge in [-0.05, 0) is 44.2 Å². The van der Waals surface area contributed by atoms with Crippen molar-refractivity contribution in [2.24, 2.45) is 5.92 Å². The average Bonchev–Trinajstić information content (AvgIpc) is 2.94. The number of methoxy groups -OCH3 is 1. The van der Waals surface area contributed by atoms with Crippen LogP contribution in [-0.2, 0) is 6.54 Å². The standard InChI is InChI=1S/C13H18N4OS/c1-16-6-5-9(7-16)8-17-12-10(14-13(17)19)3-4-11(15-12)18-2/h3-4,9H,5-8H2,1-2H3,(H,14,19). The molecule has 6 heteroatoms. The molecule has 3 heterocycles. The van der Waals surface area contributed by atoms with Gasteiger partial charge in [0.2, 0.25) is 5.88 Å². The monoisotopic (exact) mass is 278 g/mol. The first-order valence-electron chi connectivity index (χ1n) is 6.49. The lowest BCUT2D eigenvalue weighted by atomic mass is 10.1. The molecule has 0 aliphatic carbocycles. The number of imidazole rings is 1. The molecule has 0 spiro atoms. The van der Waals surface area contributed by atoms with Crippen molar-refractivity contribution in [3.8, 4) is 5.88 Å². The molecule has 1 atom stereocenters. The van der Waals surface area contributed by atoms with Crippen molar-refractivity contribution in [2.75, 3.05) is 27.2 Å². The highest BCUT2D eigenvalue weighted by atomic mass is 32.1. The first-order chi connectivity index (χ1) is 9.17. The van der Waals surface area contributed by atoms with Crippen molar-refractivity contribution in [3.63, 3.8) is 0 Å². The molecule has 3 rings (SSSR count). The Hall–Kier alpha value is -1.40. The number of nitrogens with zero attached hydrogens (tertiary/aromatic N) is 3. The third-order valence-corrected chi connectivity index (χ3v) is 4.05. The number of rotatable bonds is 3. The van der Waals surface area contributed by atoms with Crippen LogP contribution >= 0.6 is 12.2 Å². The van der Waals surface area contributed by atoms with Gasteiger partial charge >= 0.3 is 0 Å². The number of aromatic amines is 1. The summed E-state index contributed by atoms with van der Waals surface area (Å²) in [6, 6.07) is 3.82. The van der Waals surface area contributed by atoms with Crippen LogP contribution in [0.4, 0.5) is 0 Å². The zero-order valence-electron chi connectivity index (χ0n) is 11.2. The Morgan fingerprint density at radius 3 is 3.05 bits per heavy atom. The Labute approximate surface area is 117 Å². The number of likely N-dealkylation sites (tertiary alicyclic amines) is 1. The fourth-order valence-corrected chi connectivity index (χ4v) is 3.00. The quantitative estimate of drug-likeness (QED) is 0.873. The van der Waals surface area contributed by atoms with Crippen LogP contribution in [0.2, 0.25) is 0 Å². The second kappa shape index (κ2) is 4.94. The summed E-state index contributed by atoms with van der Waals surface area (Å²) in [4.78, 5) is 10.1. The van der Waals surface area contributed by atoms with Crippen LogP contribution in [0.25, 0.3) is 11.2 Å². The lowest BCUT2D eigenvalue weighted by molar-refractivity contribution is 0.377. The van der Waals surface area contributed by atoms with Gasteiger partial charge in [0, 0.05) is 19.2 Å². The highest BCUT2D eigenvalue weighted by molar-refractivity contribution is 7.71. The van der Waals surface area contributed by atoms with E-state index in [9.17, 15) is 0 Å². The predicted octanol–water partition coefficient (Wildman–Crippen LogP) is 2.05. The molecular formula is C13H18N4OS. The first-order valence-corrected chi connectivity index (χ1v) is 6.90. The van der Waals surface area contributed by atoms with Gasteiger partial charge < -0.3 is 19.2 Å². The van der Waals surface area contributed by atoms with Gasteiger partial charge in [-0.3, -0.25) is 0 Å². The maximum Gasteiger partial charge on any atom is 0.215 e. The van der Waals surface area contributed by atoms with E-state index in [0.717, 1.165) is 35.6 Å². The van der Waals surface area contributed by atoms with E-state index >= 15 is 0 Å². The summed E-state index contributed by atoms with van der Waals surface area (Å²) in [5, 5.41) is 0. The van der Waals surface area contributed by atoms with Gasteiger partial charge in [-0.2, -0.15) is 4.98 Å². The molecule has 1 N–H and O–H groups in total. The maximum absolute atomic E-state index is 5.41. The molecule has 0 saturated carbocycles. The molecule has 0 bridgehead atoms. The van der Waals surface area contributed by atoms with Gasteiger partial charge in [-0.25, -0.2) is 0 Å². The molecule has 2 aromatic rings. The zero-order valence-corrected chi connectivity index (χ0v) is 12.0. The molecule has 2 aromatic heterocycles. The largest absolute Gasteiger partial charge is 0.481 e. The van der Waals surface area contributed by atoms with E-state index in [-0.39, 0.29) is 0 Å². The lowest BCUT2D eigenvalue weighted by Crippen LogP contribution is -2.17. The van der Waals surface area contributed by atoms with E-state index in [1.54, 1.807) is 7.11 Å². The number of pyridine rings is 1. The number of H-pyrrole nitrogens is 1. The Morgan fingerprint density at radius 1 is 1.53 bits per heavy atom. The summed E-state index contributed by atoms with van der Waals surface area (Å²) >= 11 is 5.41. The van der Waals surface area contributed by atoms with E-state index in [1.807, 2.05) is 12.1 Å². The van der Waals surface area contributed by atoms with Crippen molar-refractivity contribution in [1.82, 2.24) is 19.4 Å². The molecule has 1 saturated heterocycles. The summed E-state index contributed by atoms with van der Waals surface area (Å²) in [7, 11) is 3.79. The Morgan fingerprint density at radius 2 is 2.37 bits per heavy atom. The van der Waals surface area contributed by atoms with Crippen LogP contribution in [0.15, 0.2) is 12.1 Å². The zero-order chi connectivity index (χ0) is 13.4. The van der Waals surface area contributed by atoms with E-state index in [2.05, 4.69) is 26.5 Å². The molecule has 1 aliphatic rings. The van der Waals surface area contributed by atoms with Gasteiger partial charge in [0.25, 0.3) is 0 Å².